The molecule has 3 aromatic rings. The Kier molecular flexibility index (Phi) is 5.93. The molecule has 0 spiro atoms. The predicted molar refractivity (Wildman–Crippen MR) is 122 cm³/mol. The first-order valence-corrected chi connectivity index (χ1v) is 10.1. The first kappa shape index (κ1) is 20.5. The summed E-state index contributed by atoms with van der Waals surface area (Å²) >= 11 is 0. The summed E-state index contributed by atoms with van der Waals surface area (Å²) in [5, 5.41) is 2.95. The summed E-state index contributed by atoms with van der Waals surface area (Å²) in [6.07, 6.45) is 1.76. The molecule has 31 heavy (non-hydrogen) atoms. The van der Waals surface area contributed by atoms with E-state index in [1.807, 2.05) is 12.1 Å². The molecule has 0 aliphatic carbocycles. The zero-order valence-electron chi connectivity index (χ0n) is 18.0. The molecule has 2 amide bonds. The molecule has 0 bridgehead atoms. The Morgan fingerprint density at radius 3 is 2.61 bits per heavy atom. The maximum Gasteiger partial charge on any atom is 0.326 e. The number of rotatable bonds is 5. The fourth-order valence-corrected chi connectivity index (χ4v) is 3.65. The van der Waals surface area contributed by atoms with E-state index in [0.717, 1.165) is 18.1 Å². The van der Waals surface area contributed by atoms with Gasteiger partial charge in [-0.15, -0.1) is 0 Å². The monoisotopic (exact) mass is 418 g/mol. The molecule has 7 heteroatoms. The van der Waals surface area contributed by atoms with E-state index >= 15 is 0 Å². The summed E-state index contributed by atoms with van der Waals surface area (Å²) < 4.78 is 10.6. The molecule has 2 aromatic carbocycles. The minimum Gasteiger partial charge on any atom is -0.497 e. The van der Waals surface area contributed by atoms with Gasteiger partial charge >= 0.3 is 6.03 Å². The molecule has 0 atom stereocenters. The molecule has 160 valence electrons. The largest absolute Gasteiger partial charge is 0.497 e. The lowest BCUT2D eigenvalue weighted by Crippen LogP contribution is -2.46. The highest BCUT2D eigenvalue weighted by atomic mass is 16.5. The Hall–Kier alpha value is -3.74. The van der Waals surface area contributed by atoms with Crippen LogP contribution in [0.1, 0.15) is 11.1 Å². The van der Waals surface area contributed by atoms with Gasteiger partial charge in [-0.2, -0.15) is 0 Å². The molecule has 0 radical (unpaired) electrons. The van der Waals surface area contributed by atoms with Crippen LogP contribution >= 0.6 is 0 Å². The number of carbonyl (C=O) groups is 1. The Bertz CT molecular complexity index is 1070. The number of benzene rings is 2. The Labute approximate surface area is 182 Å². The average Bonchev–Trinajstić information content (AvgIpc) is 2.81. The van der Waals surface area contributed by atoms with Crippen LogP contribution in [0.2, 0.25) is 0 Å². The van der Waals surface area contributed by atoms with Crippen molar-refractivity contribution in [3.8, 4) is 11.5 Å². The summed E-state index contributed by atoms with van der Waals surface area (Å²) in [5.74, 6) is 2.00. The number of methoxy groups -OCH3 is 2. The van der Waals surface area contributed by atoms with E-state index in [4.69, 9.17) is 9.47 Å². The van der Waals surface area contributed by atoms with Crippen molar-refractivity contribution in [2.75, 3.05) is 42.4 Å². The first-order valence-electron chi connectivity index (χ1n) is 10.1. The number of aryl methyl sites for hydroxylation is 1. The maximum absolute atomic E-state index is 13.1. The maximum atomic E-state index is 13.1. The molecule has 7 nitrogen and oxygen atoms in total. The number of hydrogen-bond acceptors (Lipinski definition) is 5. The van der Waals surface area contributed by atoms with Crippen molar-refractivity contribution >= 4 is 23.2 Å². The molecule has 0 saturated heterocycles. The number of carbonyl (C=O) groups excluding carboxylic acids is 1. The molecule has 1 aliphatic heterocycles. The van der Waals surface area contributed by atoms with Crippen molar-refractivity contribution in [3.63, 3.8) is 0 Å². The number of pyridine rings is 1. The standard InChI is InChI=1S/C24H26N4O3/c1-17-6-8-18(9-7-17)16-27-13-14-28(21-5-4-12-25-23(21)27)24(29)26-20-11-10-19(30-2)15-22(20)31-3/h4-12,15H,13-14,16H2,1-3H3,(H,26,29). The van der Waals surface area contributed by atoms with Crippen molar-refractivity contribution in [2.24, 2.45) is 0 Å². The number of nitrogens with zero attached hydrogens (tertiary/aromatic N) is 3. The first-order chi connectivity index (χ1) is 15.1. The van der Waals surface area contributed by atoms with E-state index in [2.05, 4.69) is 46.4 Å². The van der Waals surface area contributed by atoms with Gasteiger partial charge in [-0.3, -0.25) is 4.90 Å². The van der Waals surface area contributed by atoms with Crippen molar-refractivity contribution in [2.45, 2.75) is 13.5 Å². The van der Waals surface area contributed by atoms with E-state index < -0.39 is 0 Å². The van der Waals surface area contributed by atoms with Gasteiger partial charge in [0.2, 0.25) is 0 Å². The van der Waals surface area contributed by atoms with Crippen LogP contribution in [0.15, 0.2) is 60.8 Å². The number of nitrogens with one attached hydrogen (secondary N) is 1. The van der Waals surface area contributed by atoms with Gasteiger partial charge in [0.15, 0.2) is 5.82 Å². The minimum atomic E-state index is -0.229. The lowest BCUT2D eigenvalue weighted by Gasteiger charge is -2.36. The third-order valence-corrected chi connectivity index (χ3v) is 5.34. The molecule has 4 rings (SSSR count). The number of anilines is 3. The summed E-state index contributed by atoms with van der Waals surface area (Å²) in [6.45, 7) is 4.06. The van der Waals surface area contributed by atoms with Gasteiger partial charge in [-0.1, -0.05) is 29.8 Å². The third-order valence-electron chi connectivity index (χ3n) is 5.34. The van der Waals surface area contributed by atoms with Crippen molar-refractivity contribution in [3.05, 3.63) is 71.9 Å². The normalized spacial score (nSPS) is 12.9. The molecular formula is C24H26N4O3. The lowest BCUT2D eigenvalue weighted by atomic mass is 10.1. The van der Waals surface area contributed by atoms with Crippen LogP contribution in [0.25, 0.3) is 0 Å². The zero-order valence-corrected chi connectivity index (χ0v) is 18.0. The summed E-state index contributed by atoms with van der Waals surface area (Å²) in [6, 6.07) is 17.3. The molecule has 2 heterocycles. The zero-order chi connectivity index (χ0) is 21.8. The van der Waals surface area contributed by atoms with Gasteiger partial charge in [0.1, 0.15) is 11.5 Å². The number of urea groups is 1. The van der Waals surface area contributed by atoms with E-state index in [1.165, 1.54) is 11.1 Å². The average molecular weight is 418 g/mol. The van der Waals surface area contributed by atoms with Gasteiger partial charge in [0.05, 0.1) is 25.6 Å². The molecule has 0 fully saturated rings. The van der Waals surface area contributed by atoms with E-state index in [0.29, 0.717) is 30.3 Å². The van der Waals surface area contributed by atoms with Gasteiger partial charge in [0, 0.05) is 31.9 Å². The van der Waals surface area contributed by atoms with Gasteiger partial charge in [0.25, 0.3) is 0 Å². The highest BCUT2D eigenvalue weighted by molar-refractivity contribution is 6.04. The van der Waals surface area contributed by atoms with Crippen LogP contribution in [0.5, 0.6) is 11.5 Å². The molecule has 1 aromatic heterocycles. The third kappa shape index (κ3) is 4.40. The minimum absolute atomic E-state index is 0.229. The number of aromatic nitrogens is 1. The topological polar surface area (TPSA) is 66.9 Å². The summed E-state index contributed by atoms with van der Waals surface area (Å²) in [7, 11) is 3.15. The second-order valence-electron chi connectivity index (χ2n) is 7.40. The van der Waals surface area contributed by atoms with Crippen LogP contribution in [-0.2, 0) is 6.54 Å². The van der Waals surface area contributed by atoms with Crippen LogP contribution in [0.4, 0.5) is 22.0 Å². The molecule has 1 N–H and O–H groups in total. The number of amides is 2. The predicted octanol–water partition coefficient (Wildman–Crippen LogP) is 4.47. The summed E-state index contributed by atoms with van der Waals surface area (Å²) in [4.78, 5) is 21.6. The summed E-state index contributed by atoms with van der Waals surface area (Å²) in [5.41, 5.74) is 3.81. The van der Waals surface area contributed by atoms with Gasteiger partial charge in [-0.25, -0.2) is 9.78 Å². The highest BCUT2D eigenvalue weighted by Gasteiger charge is 2.28. The van der Waals surface area contributed by atoms with Crippen LogP contribution in [0, 0.1) is 6.92 Å². The number of ether oxygens (including phenoxy) is 2. The van der Waals surface area contributed by atoms with Gasteiger partial charge in [-0.05, 0) is 36.8 Å². The van der Waals surface area contributed by atoms with Crippen LogP contribution in [0.3, 0.4) is 0 Å². The second-order valence-corrected chi connectivity index (χ2v) is 7.40. The van der Waals surface area contributed by atoms with Crippen LogP contribution in [-0.4, -0.2) is 38.3 Å². The lowest BCUT2D eigenvalue weighted by molar-refractivity contribution is 0.256. The van der Waals surface area contributed by atoms with Gasteiger partial charge < -0.3 is 19.7 Å². The van der Waals surface area contributed by atoms with E-state index in [-0.39, 0.29) is 6.03 Å². The Balaban J connectivity index is 1.55. The smallest absolute Gasteiger partial charge is 0.326 e. The quantitative estimate of drug-likeness (QED) is 0.662. The molecule has 0 saturated carbocycles. The molecule has 1 aliphatic rings. The van der Waals surface area contributed by atoms with Crippen molar-refractivity contribution < 1.29 is 14.3 Å². The highest BCUT2D eigenvalue weighted by Crippen LogP contribution is 2.34. The molecule has 0 unspecified atom stereocenters. The van der Waals surface area contributed by atoms with E-state index in [1.54, 1.807) is 43.5 Å². The fraction of sp³-hybridized carbons (Fsp3) is 0.250. The van der Waals surface area contributed by atoms with Crippen LogP contribution < -0.4 is 24.6 Å². The number of fused-ring (bicyclic) bond motifs is 1. The van der Waals surface area contributed by atoms with E-state index in [9.17, 15) is 4.79 Å². The molecular weight excluding hydrogens is 392 g/mol. The Morgan fingerprint density at radius 1 is 1.06 bits per heavy atom. The fourth-order valence-electron chi connectivity index (χ4n) is 3.65. The van der Waals surface area contributed by atoms with Crippen molar-refractivity contribution in [1.82, 2.24) is 4.98 Å². The Morgan fingerprint density at radius 2 is 1.87 bits per heavy atom. The van der Waals surface area contributed by atoms with Crippen molar-refractivity contribution in [1.29, 1.82) is 0 Å². The second kappa shape index (κ2) is 8.95. The number of hydrogen-bond donors (Lipinski definition) is 1. The SMILES string of the molecule is COc1ccc(NC(=O)N2CCN(Cc3ccc(C)cc3)c3ncccc32)c(OC)c1.